The van der Waals surface area contributed by atoms with Gasteiger partial charge in [0, 0.05) is 32.6 Å². The van der Waals surface area contributed by atoms with E-state index in [9.17, 15) is 12.8 Å². The first-order valence-electron chi connectivity index (χ1n) is 9.26. The molecule has 1 fully saturated rings. The molecule has 3 heterocycles. The molecule has 2 aromatic rings. The number of aryl methyl sites for hydroxylation is 1. The van der Waals surface area contributed by atoms with Gasteiger partial charge in [-0.3, -0.25) is 0 Å². The standard InChI is InChI=1S/C18H24FN5O2S/c1-13-12-14(5-6-15(13)19)27(25,26)24-8-3-4-16(24)18-21-20-17-7-9-22(2)10-11-23(17)18/h5-6,12,16H,3-4,7-11H2,1-2H3. The van der Waals surface area contributed by atoms with Crippen LogP contribution in [0.4, 0.5) is 4.39 Å². The highest BCUT2D eigenvalue weighted by atomic mass is 32.2. The molecule has 27 heavy (non-hydrogen) atoms. The molecule has 0 radical (unpaired) electrons. The summed E-state index contributed by atoms with van der Waals surface area (Å²) < 4.78 is 43.6. The lowest BCUT2D eigenvalue weighted by Gasteiger charge is -2.24. The number of aromatic nitrogens is 3. The van der Waals surface area contributed by atoms with Crippen molar-refractivity contribution < 1.29 is 12.8 Å². The predicted octanol–water partition coefficient (Wildman–Crippen LogP) is 1.74. The van der Waals surface area contributed by atoms with Gasteiger partial charge >= 0.3 is 0 Å². The number of benzene rings is 1. The monoisotopic (exact) mass is 393 g/mol. The van der Waals surface area contributed by atoms with E-state index in [4.69, 9.17) is 0 Å². The van der Waals surface area contributed by atoms with Gasteiger partial charge in [0.15, 0.2) is 5.82 Å². The highest BCUT2D eigenvalue weighted by molar-refractivity contribution is 7.89. The van der Waals surface area contributed by atoms with Crippen molar-refractivity contribution in [1.82, 2.24) is 24.0 Å². The summed E-state index contributed by atoms with van der Waals surface area (Å²) in [4.78, 5) is 2.37. The van der Waals surface area contributed by atoms with Gasteiger partial charge < -0.3 is 9.47 Å². The smallest absolute Gasteiger partial charge is 0.243 e. The molecule has 146 valence electrons. The van der Waals surface area contributed by atoms with Crippen molar-refractivity contribution in [3.63, 3.8) is 0 Å². The Morgan fingerprint density at radius 3 is 2.74 bits per heavy atom. The van der Waals surface area contributed by atoms with Gasteiger partial charge in [-0.2, -0.15) is 4.31 Å². The Morgan fingerprint density at radius 2 is 1.96 bits per heavy atom. The molecule has 1 aromatic carbocycles. The largest absolute Gasteiger partial charge is 0.312 e. The van der Waals surface area contributed by atoms with E-state index in [1.54, 1.807) is 6.92 Å². The zero-order chi connectivity index (χ0) is 19.2. The first-order chi connectivity index (χ1) is 12.9. The summed E-state index contributed by atoms with van der Waals surface area (Å²) in [5, 5.41) is 8.69. The number of hydrogen-bond donors (Lipinski definition) is 0. The molecular weight excluding hydrogens is 369 g/mol. The van der Waals surface area contributed by atoms with Crippen LogP contribution >= 0.6 is 0 Å². The molecule has 1 unspecified atom stereocenters. The molecule has 2 aliphatic heterocycles. The second kappa shape index (κ2) is 6.96. The summed E-state index contributed by atoms with van der Waals surface area (Å²) in [7, 11) is -1.65. The molecule has 0 aliphatic carbocycles. The minimum Gasteiger partial charge on any atom is -0.312 e. The Balaban J connectivity index is 1.69. The Hall–Kier alpha value is -1.84. The fourth-order valence-corrected chi connectivity index (χ4v) is 5.64. The number of hydrogen-bond acceptors (Lipinski definition) is 5. The lowest BCUT2D eigenvalue weighted by Crippen LogP contribution is -2.32. The molecule has 1 saturated heterocycles. The average molecular weight is 393 g/mol. The van der Waals surface area contributed by atoms with Gasteiger partial charge in [0.25, 0.3) is 0 Å². The van der Waals surface area contributed by atoms with E-state index in [1.807, 2.05) is 0 Å². The highest BCUT2D eigenvalue weighted by Gasteiger charge is 2.39. The summed E-state index contributed by atoms with van der Waals surface area (Å²) in [6.07, 6.45) is 2.29. The lowest BCUT2D eigenvalue weighted by molar-refractivity contribution is 0.330. The van der Waals surface area contributed by atoms with Crippen LogP contribution in [0.2, 0.25) is 0 Å². The number of halogens is 1. The zero-order valence-electron chi connectivity index (χ0n) is 15.6. The third-order valence-corrected chi connectivity index (χ3v) is 7.42. The van der Waals surface area contributed by atoms with Gasteiger partial charge in [-0.15, -0.1) is 10.2 Å². The molecule has 1 aromatic heterocycles. The van der Waals surface area contributed by atoms with Crippen LogP contribution in [0.25, 0.3) is 0 Å². The molecule has 0 spiro atoms. The first kappa shape index (κ1) is 18.5. The lowest BCUT2D eigenvalue weighted by atomic mass is 10.2. The average Bonchev–Trinajstić information content (AvgIpc) is 3.23. The summed E-state index contributed by atoms with van der Waals surface area (Å²) >= 11 is 0. The second-order valence-electron chi connectivity index (χ2n) is 7.36. The third-order valence-electron chi connectivity index (χ3n) is 5.52. The van der Waals surface area contributed by atoms with Crippen molar-refractivity contribution in [2.24, 2.45) is 0 Å². The zero-order valence-corrected chi connectivity index (χ0v) is 16.4. The van der Waals surface area contributed by atoms with Crippen LogP contribution in [0, 0.1) is 12.7 Å². The fraction of sp³-hybridized carbons (Fsp3) is 0.556. The third kappa shape index (κ3) is 3.28. The van der Waals surface area contributed by atoms with Crippen LogP contribution in [0.15, 0.2) is 23.1 Å². The molecule has 7 nitrogen and oxygen atoms in total. The van der Waals surface area contributed by atoms with Crippen LogP contribution in [0.5, 0.6) is 0 Å². The fourth-order valence-electron chi connectivity index (χ4n) is 3.90. The van der Waals surface area contributed by atoms with Crippen molar-refractivity contribution in [3.05, 3.63) is 41.2 Å². The van der Waals surface area contributed by atoms with Crippen molar-refractivity contribution in [3.8, 4) is 0 Å². The van der Waals surface area contributed by atoms with Crippen LogP contribution < -0.4 is 0 Å². The van der Waals surface area contributed by atoms with E-state index in [2.05, 4.69) is 26.7 Å². The minimum absolute atomic E-state index is 0.128. The van der Waals surface area contributed by atoms with E-state index in [-0.39, 0.29) is 10.9 Å². The number of fused-ring (bicyclic) bond motifs is 1. The Kier molecular flexibility index (Phi) is 4.77. The number of likely N-dealkylation sites (N-methyl/N-ethyl adjacent to an activating group) is 1. The SMILES string of the molecule is Cc1cc(S(=O)(=O)N2CCCC2c2nnc3n2CCN(C)CC3)ccc1F. The molecule has 0 saturated carbocycles. The van der Waals surface area contributed by atoms with Crippen molar-refractivity contribution in [2.45, 2.75) is 43.7 Å². The maximum absolute atomic E-state index is 13.6. The quantitative estimate of drug-likeness (QED) is 0.794. The van der Waals surface area contributed by atoms with Crippen LogP contribution in [-0.4, -0.2) is 59.1 Å². The molecule has 9 heteroatoms. The van der Waals surface area contributed by atoms with Crippen molar-refractivity contribution in [2.75, 3.05) is 26.7 Å². The summed E-state index contributed by atoms with van der Waals surface area (Å²) in [6.45, 7) is 4.57. The first-order valence-corrected chi connectivity index (χ1v) is 10.7. The topological polar surface area (TPSA) is 71.3 Å². The van der Waals surface area contributed by atoms with Crippen LogP contribution in [0.1, 0.15) is 36.1 Å². The van der Waals surface area contributed by atoms with E-state index >= 15 is 0 Å². The normalized spacial score (nSPS) is 22.0. The molecular formula is C18H24FN5O2S. The van der Waals surface area contributed by atoms with Gasteiger partial charge in [0.2, 0.25) is 10.0 Å². The van der Waals surface area contributed by atoms with Gasteiger partial charge in [0.1, 0.15) is 11.6 Å². The van der Waals surface area contributed by atoms with Gasteiger partial charge in [-0.1, -0.05) is 0 Å². The predicted molar refractivity (Wildman–Crippen MR) is 98.2 cm³/mol. The molecule has 0 bridgehead atoms. The van der Waals surface area contributed by atoms with Gasteiger partial charge in [-0.25, -0.2) is 12.8 Å². The minimum atomic E-state index is -3.72. The Morgan fingerprint density at radius 1 is 1.15 bits per heavy atom. The molecule has 0 N–H and O–H groups in total. The number of rotatable bonds is 3. The van der Waals surface area contributed by atoms with Gasteiger partial charge in [0.05, 0.1) is 10.9 Å². The second-order valence-corrected chi connectivity index (χ2v) is 9.25. The maximum atomic E-state index is 13.6. The van der Waals surface area contributed by atoms with Gasteiger partial charge in [-0.05, 0) is 50.6 Å². The Labute approximate surface area is 158 Å². The maximum Gasteiger partial charge on any atom is 0.243 e. The van der Waals surface area contributed by atoms with Crippen LogP contribution in [0.3, 0.4) is 0 Å². The molecule has 4 rings (SSSR count). The Bertz CT molecular complexity index is 959. The van der Waals surface area contributed by atoms with E-state index in [0.717, 1.165) is 44.1 Å². The van der Waals surface area contributed by atoms with E-state index in [1.165, 1.54) is 22.5 Å². The number of sulfonamides is 1. The van der Waals surface area contributed by atoms with Crippen molar-refractivity contribution >= 4 is 10.0 Å². The van der Waals surface area contributed by atoms with E-state index in [0.29, 0.717) is 18.5 Å². The summed E-state index contributed by atoms with van der Waals surface area (Å²) in [6, 6.07) is 3.63. The molecule has 1 atom stereocenters. The summed E-state index contributed by atoms with van der Waals surface area (Å²) in [5.41, 5.74) is 0.325. The molecule has 0 amide bonds. The summed E-state index contributed by atoms with van der Waals surface area (Å²) in [5.74, 6) is 1.23. The highest BCUT2D eigenvalue weighted by Crippen LogP contribution is 2.36. The number of nitrogens with zero attached hydrogens (tertiary/aromatic N) is 5. The van der Waals surface area contributed by atoms with Crippen molar-refractivity contribution in [1.29, 1.82) is 0 Å². The van der Waals surface area contributed by atoms with Crippen LogP contribution in [-0.2, 0) is 23.0 Å². The van der Waals surface area contributed by atoms with E-state index < -0.39 is 15.8 Å². The molecule has 2 aliphatic rings.